The number of benzene rings is 1. The lowest BCUT2D eigenvalue weighted by Crippen LogP contribution is -2.37. The van der Waals surface area contributed by atoms with Gasteiger partial charge in [-0.15, -0.1) is 5.10 Å². The first-order valence-electron chi connectivity index (χ1n) is 9.37. The maximum Gasteiger partial charge on any atom is 0.291 e. The average molecular weight is 400 g/mol. The van der Waals surface area contributed by atoms with Crippen LogP contribution >= 0.6 is 11.6 Å². The summed E-state index contributed by atoms with van der Waals surface area (Å²) in [6, 6.07) is 11.1. The summed E-state index contributed by atoms with van der Waals surface area (Å²) in [5, 5.41) is 7.97. The zero-order valence-corrected chi connectivity index (χ0v) is 16.4. The number of carbonyl (C=O) groups is 1. The van der Waals surface area contributed by atoms with E-state index in [1.165, 1.54) is 0 Å². The monoisotopic (exact) mass is 399 g/mol. The number of nitrogens with one attached hydrogen (secondary N) is 1. The Kier molecular flexibility index (Phi) is 5.45. The predicted molar refractivity (Wildman–Crippen MR) is 106 cm³/mol. The molecular formula is C20H22ClN5O2. The third-order valence-corrected chi connectivity index (χ3v) is 5.20. The minimum absolute atomic E-state index is 0.0147. The molecule has 1 aliphatic rings. The lowest BCUT2D eigenvalue weighted by Gasteiger charge is -2.25. The Bertz CT molecular complexity index is 930. The van der Waals surface area contributed by atoms with Gasteiger partial charge in [-0.3, -0.25) is 9.69 Å². The topological polar surface area (TPSA) is 76.2 Å². The second-order valence-electron chi connectivity index (χ2n) is 6.86. The third-order valence-electron chi connectivity index (χ3n) is 4.95. The minimum atomic E-state index is -0.299. The first-order chi connectivity index (χ1) is 13.6. The quantitative estimate of drug-likeness (QED) is 0.687. The van der Waals surface area contributed by atoms with E-state index < -0.39 is 0 Å². The zero-order chi connectivity index (χ0) is 19.5. The smallest absolute Gasteiger partial charge is 0.291 e. The number of carbonyl (C=O) groups excluding carboxylic acids is 1. The van der Waals surface area contributed by atoms with Crippen molar-refractivity contribution in [3.63, 3.8) is 0 Å². The van der Waals surface area contributed by atoms with Crippen molar-refractivity contribution >= 4 is 17.5 Å². The molecule has 1 N–H and O–H groups in total. The van der Waals surface area contributed by atoms with E-state index in [9.17, 15) is 4.79 Å². The third kappa shape index (κ3) is 3.95. The van der Waals surface area contributed by atoms with Crippen molar-refractivity contribution in [2.75, 3.05) is 19.6 Å². The van der Waals surface area contributed by atoms with Crippen LogP contribution in [0.25, 0.3) is 5.69 Å². The Morgan fingerprint density at radius 2 is 2.00 bits per heavy atom. The van der Waals surface area contributed by atoms with Crippen LogP contribution in [-0.4, -0.2) is 45.2 Å². The summed E-state index contributed by atoms with van der Waals surface area (Å²) in [6.45, 7) is 4.27. The highest BCUT2D eigenvalue weighted by molar-refractivity contribution is 6.30. The molecule has 0 radical (unpaired) electrons. The van der Waals surface area contributed by atoms with Crippen molar-refractivity contribution in [3.05, 3.63) is 65.1 Å². The number of aryl methyl sites for hydroxylation is 1. The highest BCUT2D eigenvalue weighted by atomic mass is 35.5. The van der Waals surface area contributed by atoms with E-state index in [0.29, 0.717) is 17.4 Å². The molecule has 0 aliphatic carbocycles. The summed E-state index contributed by atoms with van der Waals surface area (Å²) in [5.41, 5.74) is 0.805. The van der Waals surface area contributed by atoms with Crippen LogP contribution in [-0.2, 0) is 0 Å². The normalized spacial score (nSPS) is 15.6. The second kappa shape index (κ2) is 8.16. The van der Waals surface area contributed by atoms with Crippen LogP contribution in [0.15, 0.2) is 47.1 Å². The molecular weight excluding hydrogens is 378 g/mol. The standard InChI is InChI=1S/C20H22ClN5O2/c1-14-23-19(24-26(14)16-8-6-15(21)7-9-16)20(27)22-13-17(18-5-4-12-28-18)25-10-2-3-11-25/h4-9,12,17H,2-3,10-11,13H2,1H3,(H,22,27). The highest BCUT2D eigenvalue weighted by Gasteiger charge is 2.26. The van der Waals surface area contributed by atoms with Gasteiger partial charge in [-0.1, -0.05) is 11.6 Å². The summed E-state index contributed by atoms with van der Waals surface area (Å²) >= 11 is 5.94. The van der Waals surface area contributed by atoms with Crippen LogP contribution in [0.2, 0.25) is 5.02 Å². The van der Waals surface area contributed by atoms with E-state index in [0.717, 1.165) is 37.4 Å². The van der Waals surface area contributed by atoms with E-state index >= 15 is 0 Å². The average Bonchev–Trinajstić information content (AvgIpc) is 3.45. The Hall–Kier alpha value is -2.64. The minimum Gasteiger partial charge on any atom is -0.468 e. The first kappa shape index (κ1) is 18.7. The molecule has 3 aromatic rings. The molecule has 1 aliphatic heterocycles. The van der Waals surface area contributed by atoms with Gasteiger partial charge in [-0.05, 0) is 69.3 Å². The summed E-state index contributed by atoms with van der Waals surface area (Å²) in [6.07, 6.45) is 3.99. The van der Waals surface area contributed by atoms with Crippen LogP contribution < -0.4 is 5.32 Å². The molecule has 1 saturated heterocycles. The molecule has 28 heavy (non-hydrogen) atoms. The molecule has 4 rings (SSSR count). The molecule has 0 spiro atoms. The van der Waals surface area contributed by atoms with E-state index in [4.69, 9.17) is 16.0 Å². The maximum absolute atomic E-state index is 12.7. The number of likely N-dealkylation sites (tertiary alicyclic amines) is 1. The van der Waals surface area contributed by atoms with Gasteiger partial charge in [0, 0.05) is 11.6 Å². The number of aromatic nitrogens is 3. The SMILES string of the molecule is Cc1nc(C(=O)NCC(c2ccco2)N2CCCC2)nn1-c1ccc(Cl)cc1. The maximum atomic E-state index is 12.7. The van der Waals surface area contributed by atoms with Crippen molar-refractivity contribution in [2.45, 2.75) is 25.8 Å². The van der Waals surface area contributed by atoms with Gasteiger partial charge in [0.2, 0.25) is 5.82 Å². The van der Waals surface area contributed by atoms with Crippen molar-refractivity contribution in [1.29, 1.82) is 0 Å². The largest absolute Gasteiger partial charge is 0.468 e. The first-order valence-corrected chi connectivity index (χ1v) is 9.75. The molecule has 1 aromatic carbocycles. The Balaban J connectivity index is 1.47. The molecule has 1 atom stereocenters. The number of amides is 1. The van der Waals surface area contributed by atoms with E-state index in [1.807, 2.05) is 31.2 Å². The van der Waals surface area contributed by atoms with Crippen molar-refractivity contribution < 1.29 is 9.21 Å². The van der Waals surface area contributed by atoms with Crippen LogP contribution in [0.5, 0.6) is 0 Å². The van der Waals surface area contributed by atoms with Gasteiger partial charge in [-0.25, -0.2) is 9.67 Å². The van der Waals surface area contributed by atoms with Gasteiger partial charge < -0.3 is 9.73 Å². The summed E-state index contributed by atoms with van der Waals surface area (Å²) < 4.78 is 7.23. The second-order valence-corrected chi connectivity index (χ2v) is 7.29. The van der Waals surface area contributed by atoms with Gasteiger partial charge in [-0.2, -0.15) is 0 Å². The van der Waals surface area contributed by atoms with E-state index in [-0.39, 0.29) is 17.8 Å². The van der Waals surface area contributed by atoms with Crippen molar-refractivity contribution in [2.24, 2.45) is 0 Å². The van der Waals surface area contributed by atoms with Crippen LogP contribution in [0.1, 0.15) is 41.1 Å². The fraction of sp³-hybridized carbons (Fsp3) is 0.350. The van der Waals surface area contributed by atoms with Crippen LogP contribution in [0.4, 0.5) is 0 Å². The number of hydrogen-bond acceptors (Lipinski definition) is 5. The Morgan fingerprint density at radius 1 is 1.25 bits per heavy atom. The van der Waals surface area contributed by atoms with Gasteiger partial charge in [0.1, 0.15) is 11.6 Å². The lowest BCUT2D eigenvalue weighted by atomic mass is 10.2. The summed E-state index contributed by atoms with van der Waals surface area (Å²) in [4.78, 5) is 19.3. The van der Waals surface area contributed by atoms with Crippen molar-refractivity contribution in [3.8, 4) is 5.69 Å². The molecule has 0 saturated carbocycles. The predicted octanol–water partition coefficient (Wildman–Crippen LogP) is 3.39. The fourth-order valence-electron chi connectivity index (χ4n) is 3.53. The molecule has 8 heteroatoms. The van der Waals surface area contributed by atoms with Gasteiger partial charge in [0.25, 0.3) is 5.91 Å². The zero-order valence-electron chi connectivity index (χ0n) is 15.6. The summed E-state index contributed by atoms with van der Waals surface area (Å²) in [7, 11) is 0. The van der Waals surface area contributed by atoms with Crippen LogP contribution in [0, 0.1) is 6.92 Å². The number of rotatable bonds is 6. The number of hydrogen-bond donors (Lipinski definition) is 1. The molecule has 146 valence electrons. The van der Waals surface area contributed by atoms with Gasteiger partial charge in [0.15, 0.2) is 0 Å². The molecule has 1 unspecified atom stereocenters. The lowest BCUT2D eigenvalue weighted by molar-refractivity contribution is 0.0923. The molecule has 1 amide bonds. The Morgan fingerprint density at radius 3 is 2.68 bits per heavy atom. The Labute approximate surface area is 168 Å². The van der Waals surface area contributed by atoms with Gasteiger partial charge >= 0.3 is 0 Å². The fourth-order valence-corrected chi connectivity index (χ4v) is 3.65. The molecule has 3 heterocycles. The highest BCUT2D eigenvalue weighted by Crippen LogP contribution is 2.25. The molecule has 1 fully saturated rings. The summed E-state index contributed by atoms with van der Waals surface area (Å²) in [5.74, 6) is 1.34. The van der Waals surface area contributed by atoms with Crippen LogP contribution in [0.3, 0.4) is 0 Å². The number of nitrogens with zero attached hydrogens (tertiary/aromatic N) is 4. The molecule has 2 aromatic heterocycles. The molecule has 7 nitrogen and oxygen atoms in total. The van der Waals surface area contributed by atoms with Gasteiger partial charge in [0.05, 0.1) is 18.0 Å². The van der Waals surface area contributed by atoms with E-state index in [1.54, 1.807) is 23.1 Å². The molecule has 0 bridgehead atoms. The van der Waals surface area contributed by atoms with E-state index in [2.05, 4.69) is 20.3 Å². The number of halogens is 1. The van der Waals surface area contributed by atoms with Crippen molar-refractivity contribution in [1.82, 2.24) is 25.0 Å². The number of furan rings is 1.